The van der Waals surface area contributed by atoms with E-state index in [1.54, 1.807) is 25.1 Å². The Balaban J connectivity index is 3.07. The van der Waals surface area contributed by atoms with Crippen LogP contribution in [0.3, 0.4) is 0 Å². The molecule has 0 fully saturated rings. The van der Waals surface area contributed by atoms with Crippen LogP contribution in [-0.2, 0) is 14.8 Å². The average Bonchev–Trinajstić information content (AvgIpc) is 2.28. The first kappa shape index (κ1) is 14.4. The van der Waals surface area contributed by atoms with Crippen molar-refractivity contribution in [3.63, 3.8) is 0 Å². The third-order valence-corrected chi connectivity index (χ3v) is 3.28. The molecule has 1 amide bonds. The van der Waals surface area contributed by atoms with Crippen LogP contribution in [0.15, 0.2) is 40.8 Å². The monoisotopic (exact) mass is 268 g/mol. The molecule has 6 heteroatoms. The summed E-state index contributed by atoms with van der Waals surface area (Å²) in [5.41, 5.74) is 0.718. The van der Waals surface area contributed by atoms with Crippen molar-refractivity contribution >= 4 is 21.6 Å². The van der Waals surface area contributed by atoms with E-state index in [4.69, 9.17) is 5.14 Å². The Morgan fingerprint density at radius 3 is 2.56 bits per heavy atom. The lowest BCUT2D eigenvalue weighted by Gasteiger charge is -2.09. The zero-order valence-corrected chi connectivity index (χ0v) is 11.1. The molecule has 1 rings (SSSR count). The maximum atomic E-state index is 11.8. The van der Waals surface area contributed by atoms with Crippen LogP contribution in [0, 0.1) is 0 Å². The summed E-state index contributed by atoms with van der Waals surface area (Å²) in [5.74, 6) is -0.340. The number of allylic oxidation sites excluding steroid dienone is 1. The van der Waals surface area contributed by atoms with E-state index in [0.29, 0.717) is 5.57 Å². The predicted molar refractivity (Wildman–Crippen MR) is 70.5 cm³/mol. The summed E-state index contributed by atoms with van der Waals surface area (Å²) in [6.45, 7) is 3.58. The number of carbonyl (C=O) groups excluding carboxylic acids is 1. The number of rotatable bonds is 4. The molecular formula is C12H16N2O3S. The minimum Gasteiger partial charge on any atom is -0.321 e. The molecular weight excluding hydrogens is 252 g/mol. The van der Waals surface area contributed by atoms with Crippen LogP contribution in [0.1, 0.15) is 20.3 Å². The van der Waals surface area contributed by atoms with Gasteiger partial charge in [-0.2, -0.15) is 0 Å². The Kier molecular flexibility index (Phi) is 4.63. The van der Waals surface area contributed by atoms with Crippen LogP contribution in [-0.4, -0.2) is 14.3 Å². The number of hydrogen-bond acceptors (Lipinski definition) is 3. The Labute approximate surface area is 107 Å². The van der Waals surface area contributed by atoms with Gasteiger partial charge in [-0.3, -0.25) is 4.79 Å². The van der Waals surface area contributed by atoms with Gasteiger partial charge in [0.15, 0.2) is 0 Å². The first-order chi connectivity index (χ1) is 8.36. The van der Waals surface area contributed by atoms with Crippen molar-refractivity contribution in [2.75, 3.05) is 5.32 Å². The number of carbonyl (C=O) groups is 1. The Hall–Kier alpha value is -1.66. The summed E-state index contributed by atoms with van der Waals surface area (Å²) in [4.78, 5) is 11.7. The second kappa shape index (κ2) is 5.79. The highest BCUT2D eigenvalue weighted by Gasteiger charge is 2.15. The molecule has 5 nitrogen and oxygen atoms in total. The van der Waals surface area contributed by atoms with E-state index in [2.05, 4.69) is 5.32 Å². The summed E-state index contributed by atoms with van der Waals surface area (Å²) in [6, 6.07) is 6.02. The lowest BCUT2D eigenvalue weighted by atomic mass is 10.2. The molecule has 1 aromatic rings. The molecule has 0 unspecified atom stereocenters. The fourth-order valence-electron chi connectivity index (χ4n) is 1.44. The predicted octanol–water partition coefficient (Wildman–Crippen LogP) is 1.63. The molecule has 0 aliphatic heterocycles. The van der Waals surface area contributed by atoms with E-state index in [9.17, 15) is 13.2 Å². The molecule has 0 atom stereocenters. The standard InChI is InChI=1S/C12H16N2O3S/c1-3-6-9(2)12(15)14-10-7-4-5-8-11(10)18(13,16)17/h4-8H,3H2,1-2H3,(H,14,15)(H2,13,16,17)/b9-6-. The van der Waals surface area contributed by atoms with Gasteiger partial charge >= 0.3 is 0 Å². The maximum absolute atomic E-state index is 11.8. The fourth-order valence-corrected chi connectivity index (χ4v) is 2.13. The van der Waals surface area contributed by atoms with Gasteiger partial charge in [0, 0.05) is 5.57 Å². The van der Waals surface area contributed by atoms with Crippen LogP contribution >= 0.6 is 0 Å². The molecule has 0 radical (unpaired) electrons. The Bertz CT molecular complexity index is 577. The SMILES string of the molecule is CC/C=C(/C)C(=O)Nc1ccccc1S(N)(=O)=O. The molecule has 0 aromatic heterocycles. The quantitative estimate of drug-likeness (QED) is 0.813. The van der Waals surface area contributed by atoms with Gasteiger partial charge in [-0.05, 0) is 25.5 Å². The van der Waals surface area contributed by atoms with Gasteiger partial charge in [-0.15, -0.1) is 0 Å². The van der Waals surface area contributed by atoms with Gasteiger partial charge in [0.1, 0.15) is 4.90 Å². The number of primary sulfonamides is 1. The van der Waals surface area contributed by atoms with E-state index in [-0.39, 0.29) is 16.5 Å². The average molecular weight is 268 g/mol. The number of amides is 1. The smallest absolute Gasteiger partial charge is 0.251 e. The molecule has 0 aliphatic carbocycles. The number of nitrogens with one attached hydrogen (secondary N) is 1. The van der Waals surface area contributed by atoms with Crippen molar-refractivity contribution in [1.29, 1.82) is 0 Å². The Morgan fingerprint density at radius 2 is 2.00 bits per heavy atom. The number of hydrogen-bond donors (Lipinski definition) is 2. The van der Waals surface area contributed by atoms with Crippen molar-refractivity contribution < 1.29 is 13.2 Å². The molecule has 0 bridgehead atoms. The van der Waals surface area contributed by atoms with Crippen LogP contribution in [0.2, 0.25) is 0 Å². The first-order valence-corrected chi connectivity index (χ1v) is 7.00. The lowest BCUT2D eigenvalue weighted by molar-refractivity contribution is -0.112. The molecule has 1 aromatic carbocycles. The second-order valence-corrected chi connectivity index (χ2v) is 5.32. The lowest BCUT2D eigenvalue weighted by Crippen LogP contribution is -2.18. The minimum absolute atomic E-state index is 0.0948. The summed E-state index contributed by atoms with van der Waals surface area (Å²) in [7, 11) is -3.85. The molecule has 18 heavy (non-hydrogen) atoms. The summed E-state index contributed by atoms with van der Waals surface area (Å²) < 4.78 is 22.7. The number of nitrogens with two attached hydrogens (primary N) is 1. The fraction of sp³-hybridized carbons (Fsp3) is 0.250. The summed E-state index contributed by atoms with van der Waals surface area (Å²) >= 11 is 0. The van der Waals surface area contributed by atoms with Gasteiger partial charge in [0.05, 0.1) is 5.69 Å². The maximum Gasteiger partial charge on any atom is 0.251 e. The van der Waals surface area contributed by atoms with Gasteiger partial charge in [0.2, 0.25) is 10.0 Å². The first-order valence-electron chi connectivity index (χ1n) is 5.46. The van der Waals surface area contributed by atoms with Gasteiger partial charge in [-0.25, -0.2) is 13.6 Å². The van der Waals surface area contributed by atoms with Crippen LogP contribution in [0.5, 0.6) is 0 Å². The summed E-state index contributed by atoms with van der Waals surface area (Å²) in [6.07, 6.45) is 2.49. The molecule has 0 saturated heterocycles. The van der Waals surface area contributed by atoms with Gasteiger partial charge in [-0.1, -0.05) is 25.1 Å². The molecule has 98 valence electrons. The van der Waals surface area contributed by atoms with E-state index in [0.717, 1.165) is 6.42 Å². The van der Waals surface area contributed by atoms with E-state index in [1.165, 1.54) is 12.1 Å². The van der Waals surface area contributed by atoms with Gasteiger partial charge in [0.25, 0.3) is 5.91 Å². The van der Waals surface area contributed by atoms with Crippen LogP contribution < -0.4 is 10.5 Å². The number of para-hydroxylation sites is 1. The van der Waals surface area contributed by atoms with Gasteiger partial charge < -0.3 is 5.32 Å². The highest BCUT2D eigenvalue weighted by atomic mass is 32.2. The zero-order valence-electron chi connectivity index (χ0n) is 10.3. The van der Waals surface area contributed by atoms with Crippen LogP contribution in [0.25, 0.3) is 0 Å². The third-order valence-electron chi connectivity index (χ3n) is 2.31. The van der Waals surface area contributed by atoms with Crippen molar-refractivity contribution in [3.8, 4) is 0 Å². The second-order valence-electron chi connectivity index (χ2n) is 3.79. The highest BCUT2D eigenvalue weighted by Crippen LogP contribution is 2.19. The summed E-state index contributed by atoms with van der Waals surface area (Å²) in [5, 5.41) is 7.61. The largest absolute Gasteiger partial charge is 0.321 e. The Morgan fingerprint density at radius 1 is 1.39 bits per heavy atom. The van der Waals surface area contributed by atoms with E-state index in [1.807, 2.05) is 6.92 Å². The van der Waals surface area contributed by atoms with E-state index < -0.39 is 10.0 Å². The highest BCUT2D eigenvalue weighted by molar-refractivity contribution is 7.89. The number of benzene rings is 1. The molecule has 0 spiro atoms. The number of anilines is 1. The van der Waals surface area contributed by atoms with E-state index >= 15 is 0 Å². The molecule has 0 aliphatic rings. The minimum atomic E-state index is -3.85. The molecule has 0 heterocycles. The molecule has 0 saturated carbocycles. The van der Waals surface area contributed by atoms with Crippen molar-refractivity contribution in [1.82, 2.24) is 0 Å². The normalized spacial score (nSPS) is 12.3. The van der Waals surface area contributed by atoms with Crippen molar-refractivity contribution in [2.24, 2.45) is 5.14 Å². The number of sulfonamides is 1. The van der Waals surface area contributed by atoms with Crippen LogP contribution in [0.4, 0.5) is 5.69 Å². The van der Waals surface area contributed by atoms with Crippen molar-refractivity contribution in [3.05, 3.63) is 35.9 Å². The third kappa shape index (κ3) is 3.68. The zero-order chi connectivity index (χ0) is 13.8. The molecule has 3 N–H and O–H groups in total. The topological polar surface area (TPSA) is 89.3 Å². The van der Waals surface area contributed by atoms with Crippen molar-refractivity contribution in [2.45, 2.75) is 25.2 Å².